The van der Waals surface area contributed by atoms with Crippen molar-refractivity contribution in [1.29, 1.82) is 0 Å². The average Bonchev–Trinajstić information content (AvgIpc) is 2.98. The van der Waals surface area contributed by atoms with Gasteiger partial charge in [0.05, 0.1) is 27.3 Å². The van der Waals surface area contributed by atoms with Crippen molar-refractivity contribution >= 4 is 51.4 Å². The van der Waals surface area contributed by atoms with E-state index < -0.39 is 23.9 Å². The number of hydrogen-bond acceptors (Lipinski definition) is 6. The second-order valence-corrected chi connectivity index (χ2v) is 6.22. The first-order valence-corrected chi connectivity index (χ1v) is 7.75. The molecule has 118 valence electrons. The van der Waals surface area contributed by atoms with Gasteiger partial charge in [0.2, 0.25) is 0 Å². The molecule has 2 aromatic carbocycles. The highest BCUT2D eigenvalue weighted by Crippen LogP contribution is 2.42. The fourth-order valence-corrected chi connectivity index (χ4v) is 3.75. The van der Waals surface area contributed by atoms with Crippen LogP contribution in [0, 0.1) is 0 Å². The summed E-state index contributed by atoms with van der Waals surface area (Å²) in [6, 6.07) is 5.97. The predicted octanol–water partition coefficient (Wildman–Crippen LogP) is 3.39. The summed E-state index contributed by atoms with van der Waals surface area (Å²) in [6.07, 6.45) is 0. The summed E-state index contributed by atoms with van der Waals surface area (Å²) >= 11 is 9.56. The molecule has 0 spiro atoms. The van der Waals surface area contributed by atoms with Gasteiger partial charge in [-0.3, -0.25) is 0 Å². The van der Waals surface area contributed by atoms with Crippen molar-refractivity contribution in [3.8, 4) is 11.1 Å². The molecule has 4 rings (SSSR count). The summed E-state index contributed by atoms with van der Waals surface area (Å²) in [6.45, 7) is 0. The van der Waals surface area contributed by atoms with Gasteiger partial charge >= 0.3 is 23.9 Å². The Morgan fingerprint density at radius 1 is 0.667 bits per heavy atom. The summed E-state index contributed by atoms with van der Waals surface area (Å²) in [5.74, 6) is -3.08. The maximum absolute atomic E-state index is 11.8. The first-order valence-electron chi connectivity index (χ1n) is 6.58. The topological polar surface area (TPSA) is 86.7 Å². The Morgan fingerprint density at radius 3 is 1.75 bits per heavy atom. The molecule has 2 aliphatic rings. The molecule has 0 fully saturated rings. The molecule has 8 heteroatoms. The van der Waals surface area contributed by atoms with E-state index in [2.05, 4.69) is 25.4 Å². The number of carbonyl (C=O) groups excluding carboxylic acids is 4. The zero-order valence-corrected chi connectivity index (χ0v) is 13.9. The van der Waals surface area contributed by atoms with Crippen LogP contribution in [0.25, 0.3) is 11.1 Å². The van der Waals surface area contributed by atoms with Crippen molar-refractivity contribution in [2.45, 2.75) is 0 Å². The van der Waals surface area contributed by atoms with Crippen LogP contribution in [0.15, 0.2) is 28.7 Å². The summed E-state index contributed by atoms with van der Waals surface area (Å²) in [4.78, 5) is 46.8. The van der Waals surface area contributed by atoms with Gasteiger partial charge in [-0.1, -0.05) is 23.7 Å². The molecule has 0 amide bonds. The summed E-state index contributed by atoms with van der Waals surface area (Å²) in [7, 11) is 0. The van der Waals surface area contributed by atoms with Crippen molar-refractivity contribution in [2.24, 2.45) is 0 Å². The fourth-order valence-electron chi connectivity index (χ4n) is 2.69. The summed E-state index contributed by atoms with van der Waals surface area (Å²) in [5, 5.41) is 0.0293. The Hall–Kier alpha value is -2.51. The Labute approximate surface area is 147 Å². The van der Waals surface area contributed by atoms with Gasteiger partial charge in [0.15, 0.2) is 0 Å². The monoisotopic (exact) mass is 406 g/mol. The maximum Gasteiger partial charge on any atom is 0.348 e. The van der Waals surface area contributed by atoms with Gasteiger partial charge < -0.3 is 9.47 Å². The lowest BCUT2D eigenvalue weighted by atomic mass is 9.97. The number of rotatable bonds is 1. The molecule has 2 heterocycles. The van der Waals surface area contributed by atoms with Gasteiger partial charge in [-0.15, -0.1) is 0 Å². The maximum atomic E-state index is 11.8. The van der Waals surface area contributed by atoms with Crippen LogP contribution in [0.1, 0.15) is 41.4 Å². The average molecular weight is 408 g/mol. The van der Waals surface area contributed by atoms with E-state index >= 15 is 0 Å². The van der Waals surface area contributed by atoms with Crippen LogP contribution >= 0.6 is 27.5 Å². The highest BCUT2D eigenvalue weighted by molar-refractivity contribution is 9.10. The van der Waals surface area contributed by atoms with Crippen LogP contribution in [0.5, 0.6) is 0 Å². The zero-order chi connectivity index (χ0) is 17.2. The number of benzene rings is 2. The Bertz CT molecular complexity index is 929. The number of ether oxygens (including phenoxy) is 2. The minimum Gasteiger partial charge on any atom is -0.386 e. The smallest absolute Gasteiger partial charge is 0.348 e. The van der Waals surface area contributed by atoms with Gasteiger partial charge in [-0.2, -0.15) is 0 Å². The lowest BCUT2D eigenvalue weighted by molar-refractivity contribution is 0.0425. The standard InChI is InChI=1S/C16H4BrClO6/c17-11-5(1-3-7-9(11)15(21)23-13(7)19)6-2-4-8-10(12(6)18)16(22)24-14(8)20/h1-4H. The fraction of sp³-hybridized carbons (Fsp3) is 0. The minimum absolute atomic E-state index is 0.0229. The second kappa shape index (κ2) is 4.99. The van der Waals surface area contributed by atoms with E-state index in [1.807, 2.05) is 0 Å². The zero-order valence-electron chi connectivity index (χ0n) is 11.5. The third-order valence-electron chi connectivity index (χ3n) is 3.79. The lowest BCUT2D eigenvalue weighted by Crippen LogP contribution is -1.99. The number of halogens is 2. The molecular weight excluding hydrogens is 404 g/mol. The van der Waals surface area contributed by atoms with E-state index in [1.54, 1.807) is 6.07 Å². The number of esters is 4. The van der Waals surface area contributed by atoms with Crippen LogP contribution in [0.3, 0.4) is 0 Å². The van der Waals surface area contributed by atoms with Crippen molar-refractivity contribution in [3.05, 3.63) is 56.0 Å². The van der Waals surface area contributed by atoms with Gasteiger partial charge in [-0.05, 0) is 33.6 Å². The van der Waals surface area contributed by atoms with Crippen molar-refractivity contribution in [2.75, 3.05) is 0 Å². The first-order chi connectivity index (χ1) is 11.4. The van der Waals surface area contributed by atoms with E-state index in [0.717, 1.165) is 0 Å². The SMILES string of the molecule is O=C1OC(=O)c2c1ccc(-c1ccc3c(c1Br)C(=O)OC3=O)c2Cl. The van der Waals surface area contributed by atoms with Crippen LogP contribution in [-0.4, -0.2) is 23.9 Å². The second-order valence-electron chi connectivity index (χ2n) is 5.05. The third-order valence-corrected chi connectivity index (χ3v) is 5.01. The normalized spacial score (nSPS) is 15.2. The molecule has 0 atom stereocenters. The van der Waals surface area contributed by atoms with E-state index in [9.17, 15) is 19.2 Å². The molecule has 0 saturated carbocycles. The van der Waals surface area contributed by atoms with Gasteiger partial charge in [0.1, 0.15) is 0 Å². The van der Waals surface area contributed by atoms with Crippen LogP contribution in [0.2, 0.25) is 5.02 Å². The molecule has 0 N–H and O–H groups in total. The van der Waals surface area contributed by atoms with E-state index in [4.69, 9.17) is 11.6 Å². The highest BCUT2D eigenvalue weighted by atomic mass is 79.9. The highest BCUT2D eigenvalue weighted by Gasteiger charge is 2.36. The van der Waals surface area contributed by atoms with Crippen LogP contribution in [0.4, 0.5) is 0 Å². The quantitative estimate of drug-likeness (QED) is 0.532. The molecule has 24 heavy (non-hydrogen) atoms. The van der Waals surface area contributed by atoms with Crippen LogP contribution < -0.4 is 0 Å². The molecule has 2 aliphatic heterocycles. The summed E-state index contributed by atoms with van der Waals surface area (Å²) in [5.41, 5.74) is 1.17. The predicted molar refractivity (Wildman–Crippen MR) is 84.1 cm³/mol. The minimum atomic E-state index is -0.825. The summed E-state index contributed by atoms with van der Waals surface area (Å²) < 4.78 is 9.44. The Balaban J connectivity index is 1.97. The molecule has 0 unspecified atom stereocenters. The van der Waals surface area contributed by atoms with Crippen LogP contribution in [-0.2, 0) is 9.47 Å². The molecule has 2 aromatic rings. The largest absolute Gasteiger partial charge is 0.386 e. The Morgan fingerprint density at radius 2 is 1.12 bits per heavy atom. The molecular formula is C16H4BrClO6. The number of carbonyl (C=O) groups is 4. The van der Waals surface area contributed by atoms with Gasteiger partial charge in [0, 0.05) is 10.0 Å². The van der Waals surface area contributed by atoms with Crippen molar-refractivity contribution in [3.63, 3.8) is 0 Å². The number of fused-ring (bicyclic) bond motifs is 2. The van der Waals surface area contributed by atoms with Gasteiger partial charge in [0.25, 0.3) is 0 Å². The van der Waals surface area contributed by atoms with Gasteiger partial charge in [-0.25, -0.2) is 19.2 Å². The first kappa shape index (κ1) is 15.0. The van der Waals surface area contributed by atoms with Crippen molar-refractivity contribution in [1.82, 2.24) is 0 Å². The number of hydrogen-bond donors (Lipinski definition) is 0. The molecule has 0 saturated heterocycles. The molecule has 0 radical (unpaired) electrons. The van der Waals surface area contributed by atoms with Crippen molar-refractivity contribution < 1.29 is 28.7 Å². The lowest BCUT2D eigenvalue weighted by Gasteiger charge is -2.10. The molecule has 6 nitrogen and oxygen atoms in total. The molecule has 0 aliphatic carbocycles. The van der Waals surface area contributed by atoms with E-state index in [0.29, 0.717) is 15.6 Å². The van der Waals surface area contributed by atoms with E-state index in [-0.39, 0.29) is 27.3 Å². The van der Waals surface area contributed by atoms with E-state index in [1.165, 1.54) is 18.2 Å². The third kappa shape index (κ3) is 1.88. The molecule has 0 bridgehead atoms. The number of cyclic esters (lactones) is 4. The Kier molecular flexibility index (Phi) is 3.13. The molecule has 0 aromatic heterocycles.